The molecule has 4 nitrogen and oxygen atoms in total. The average Bonchev–Trinajstić information content (AvgIpc) is 3.19. The molecule has 0 unspecified atom stereocenters. The predicted molar refractivity (Wildman–Crippen MR) is 132 cm³/mol. The number of fused-ring (bicyclic) bond motifs is 5. The van der Waals surface area contributed by atoms with Crippen LogP contribution in [0.15, 0.2) is 78.9 Å². The van der Waals surface area contributed by atoms with Crippen LogP contribution in [0.3, 0.4) is 0 Å². The van der Waals surface area contributed by atoms with Crippen molar-refractivity contribution < 1.29 is 9.90 Å². The second-order valence-corrected chi connectivity index (χ2v) is 6.95. The molecule has 0 fully saturated rings. The number of rotatable bonds is 2. The fourth-order valence-corrected chi connectivity index (χ4v) is 3.80. The van der Waals surface area contributed by atoms with Gasteiger partial charge in [0.15, 0.2) is 0 Å². The van der Waals surface area contributed by atoms with E-state index in [4.69, 9.17) is 0 Å². The summed E-state index contributed by atoms with van der Waals surface area (Å²) in [4.78, 5) is 18.0. The number of amides is 1. The first kappa shape index (κ1) is 21.9. The molecule has 0 aliphatic rings. The lowest BCUT2D eigenvalue weighted by Gasteiger charge is -2.18. The van der Waals surface area contributed by atoms with Crippen molar-refractivity contribution in [3.63, 3.8) is 0 Å². The van der Waals surface area contributed by atoms with Gasteiger partial charge in [0.1, 0.15) is 5.75 Å². The van der Waals surface area contributed by atoms with Crippen molar-refractivity contribution in [3.05, 3.63) is 84.4 Å². The van der Waals surface area contributed by atoms with Gasteiger partial charge in [-0.05, 0) is 35.7 Å². The zero-order valence-electron chi connectivity index (χ0n) is 17.3. The molecule has 1 aromatic heterocycles. The van der Waals surface area contributed by atoms with E-state index in [1.165, 1.54) is 0 Å². The first-order valence-electron chi connectivity index (χ1n) is 10.1. The van der Waals surface area contributed by atoms with Crippen molar-refractivity contribution in [1.29, 1.82) is 0 Å². The number of benzene rings is 4. The molecule has 5 aromatic rings. The highest BCUT2D eigenvalue weighted by molar-refractivity contribution is 6.19. The van der Waals surface area contributed by atoms with Crippen LogP contribution < -0.4 is 4.90 Å². The molecule has 0 radical (unpaired) electrons. The van der Waals surface area contributed by atoms with Crippen LogP contribution in [0.1, 0.15) is 31.6 Å². The lowest BCUT2D eigenvalue weighted by atomic mass is 10.0. The number of hydrogen-bond donors (Lipinski definition) is 2. The molecule has 0 aliphatic carbocycles. The molecule has 0 bridgehead atoms. The number of phenols is 1. The number of aromatic amines is 1. The summed E-state index contributed by atoms with van der Waals surface area (Å²) in [5.41, 5.74) is 3.07. The third kappa shape index (κ3) is 3.73. The Morgan fingerprint density at radius 2 is 1.52 bits per heavy atom. The fourth-order valence-electron chi connectivity index (χ4n) is 3.80. The number of hydrogen-bond acceptors (Lipinski definition) is 2. The third-order valence-electron chi connectivity index (χ3n) is 5.29. The Bertz CT molecular complexity index is 1350. The van der Waals surface area contributed by atoms with Crippen molar-refractivity contribution in [2.75, 3.05) is 11.9 Å². The quantitative estimate of drug-likeness (QED) is 0.324. The van der Waals surface area contributed by atoms with Gasteiger partial charge in [0.25, 0.3) is 5.91 Å². The normalized spacial score (nSPS) is 10.4. The summed E-state index contributed by atoms with van der Waals surface area (Å²) in [6.45, 7) is 4.00. The standard InChI is InChI=1S/C24H18N2O2.C2H6.CH4/c1-26(16-7-3-2-4-8-16)24(28)20-13-15-11-12-18-17-9-5-6-10-21(17)25-23(18)19(15)14-22(20)27;1-2;/h2-14,25,27H,1H3;1-2H3;1H4. The van der Waals surface area contributed by atoms with E-state index in [-0.39, 0.29) is 24.6 Å². The summed E-state index contributed by atoms with van der Waals surface area (Å²) < 4.78 is 0. The van der Waals surface area contributed by atoms with E-state index in [0.29, 0.717) is 0 Å². The largest absolute Gasteiger partial charge is 0.507 e. The van der Waals surface area contributed by atoms with E-state index in [9.17, 15) is 9.90 Å². The van der Waals surface area contributed by atoms with Crippen LogP contribution in [0.25, 0.3) is 32.6 Å². The van der Waals surface area contributed by atoms with E-state index >= 15 is 0 Å². The average molecular weight is 413 g/mol. The molecule has 31 heavy (non-hydrogen) atoms. The second kappa shape index (κ2) is 8.92. The molecule has 0 saturated carbocycles. The number of aromatic nitrogens is 1. The molecular weight excluding hydrogens is 384 g/mol. The SMILES string of the molecule is C.CC.CN(C(=O)c1cc2ccc3c4ccccc4[nH]c3c2cc1O)c1ccccc1. The second-order valence-electron chi connectivity index (χ2n) is 6.95. The van der Waals surface area contributed by atoms with E-state index in [1.807, 2.05) is 68.4 Å². The number of para-hydroxylation sites is 2. The summed E-state index contributed by atoms with van der Waals surface area (Å²) >= 11 is 0. The molecule has 0 saturated heterocycles. The summed E-state index contributed by atoms with van der Waals surface area (Å²) in [7, 11) is 1.71. The van der Waals surface area contributed by atoms with Gasteiger partial charge in [-0.2, -0.15) is 0 Å². The van der Waals surface area contributed by atoms with Gasteiger partial charge in [0, 0.05) is 34.4 Å². The van der Waals surface area contributed by atoms with E-state index in [2.05, 4.69) is 17.1 Å². The van der Waals surface area contributed by atoms with E-state index < -0.39 is 0 Å². The van der Waals surface area contributed by atoms with Gasteiger partial charge < -0.3 is 15.0 Å². The topological polar surface area (TPSA) is 56.3 Å². The maximum absolute atomic E-state index is 13.0. The van der Waals surface area contributed by atoms with Crippen LogP contribution in [-0.4, -0.2) is 23.0 Å². The van der Waals surface area contributed by atoms with Gasteiger partial charge in [-0.25, -0.2) is 0 Å². The van der Waals surface area contributed by atoms with Crippen LogP contribution in [0.4, 0.5) is 5.69 Å². The van der Waals surface area contributed by atoms with Crippen molar-refractivity contribution in [2.45, 2.75) is 21.3 Å². The molecule has 158 valence electrons. The number of aromatic hydroxyl groups is 1. The summed E-state index contributed by atoms with van der Waals surface area (Å²) in [5.74, 6) is -0.270. The Balaban J connectivity index is 0.000000883. The highest BCUT2D eigenvalue weighted by Crippen LogP contribution is 2.35. The predicted octanol–water partition coefficient (Wildman–Crippen LogP) is 7.12. The Kier molecular flexibility index (Phi) is 6.30. The van der Waals surface area contributed by atoms with E-state index in [1.54, 1.807) is 24.1 Å². The first-order valence-corrected chi connectivity index (χ1v) is 10.1. The minimum Gasteiger partial charge on any atom is -0.507 e. The van der Waals surface area contributed by atoms with Crippen molar-refractivity contribution in [2.24, 2.45) is 0 Å². The van der Waals surface area contributed by atoms with Crippen LogP contribution in [0.2, 0.25) is 0 Å². The highest BCUT2D eigenvalue weighted by atomic mass is 16.3. The number of carbonyl (C=O) groups excluding carboxylic acids is 1. The molecule has 1 heterocycles. The monoisotopic (exact) mass is 412 g/mol. The summed E-state index contributed by atoms with van der Waals surface area (Å²) in [6.07, 6.45) is 0. The Hall–Kier alpha value is -3.79. The minimum atomic E-state index is -0.248. The van der Waals surface area contributed by atoms with Gasteiger partial charge in [0.05, 0.1) is 11.1 Å². The molecular formula is C27H28N2O2. The van der Waals surface area contributed by atoms with Gasteiger partial charge >= 0.3 is 0 Å². The summed E-state index contributed by atoms with van der Waals surface area (Å²) in [6, 6.07) is 25.0. The minimum absolute atomic E-state index is 0. The molecule has 0 spiro atoms. The van der Waals surface area contributed by atoms with Crippen LogP contribution >= 0.6 is 0 Å². The maximum Gasteiger partial charge on any atom is 0.261 e. The molecule has 0 atom stereocenters. The molecule has 0 aliphatic heterocycles. The van der Waals surface area contributed by atoms with Gasteiger partial charge in [-0.1, -0.05) is 69.8 Å². The molecule has 4 heteroatoms. The molecule has 4 aromatic carbocycles. The third-order valence-corrected chi connectivity index (χ3v) is 5.29. The van der Waals surface area contributed by atoms with Crippen LogP contribution in [0, 0.1) is 0 Å². The lowest BCUT2D eigenvalue weighted by Crippen LogP contribution is -2.26. The van der Waals surface area contributed by atoms with Gasteiger partial charge in [-0.15, -0.1) is 0 Å². The zero-order chi connectivity index (χ0) is 21.3. The Labute approximate surface area is 182 Å². The van der Waals surface area contributed by atoms with Gasteiger partial charge in [-0.3, -0.25) is 4.79 Å². The smallest absolute Gasteiger partial charge is 0.261 e. The molecule has 1 amide bonds. The fraction of sp³-hybridized carbons (Fsp3) is 0.148. The van der Waals surface area contributed by atoms with Crippen molar-refractivity contribution in [3.8, 4) is 5.75 Å². The number of H-pyrrole nitrogens is 1. The van der Waals surface area contributed by atoms with Crippen LogP contribution in [0.5, 0.6) is 5.75 Å². The number of nitrogens with one attached hydrogen (secondary N) is 1. The van der Waals surface area contributed by atoms with Gasteiger partial charge in [0.2, 0.25) is 0 Å². The number of nitrogens with zero attached hydrogens (tertiary/aromatic N) is 1. The Morgan fingerprint density at radius 1 is 0.839 bits per heavy atom. The number of anilines is 1. The molecule has 2 N–H and O–H groups in total. The van der Waals surface area contributed by atoms with Crippen LogP contribution in [-0.2, 0) is 0 Å². The first-order chi connectivity index (χ1) is 14.6. The lowest BCUT2D eigenvalue weighted by molar-refractivity contribution is 0.0990. The summed E-state index contributed by atoms with van der Waals surface area (Å²) in [5, 5.41) is 14.7. The highest BCUT2D eigenvalue weighted by Gasteiger charge is 2.19. The Morgan fingerprint density at radius 3 is 2.26 bits per heavy atom. The van der Waals surface area contributed by atoms with Crippen molar-refractivity contribution in [1.82, 2.24) is 4.98 Å². The zero-order valence-corrected chi connectivity index (χ0v) is 17.3. The van der Waals surface area contributed by atoms with Crippen molar-refractivity contribution >= 4 is 44.2 Å². The maximum atomic E-state index is 13.0. The number of carbonyl (C=O) groups is 1. The number of phenolic OH excluding ortho intramolecular Hbond substituents is 1. The molecule has 5 rings (SSSR count). The van der Waals surface area contributed by atoms with E-state index in [0.717, 1.165) is 38.3 Å².